The normalized spacial score (nSPS) is 18.7. The summed E-state index contributed by atoms with van der Waals surface area (Å²) in [6.07, 6.45) is 0.133. The van der Waals surface area contributed by atoms with Gasteiger partial charge in [0.25, 0.3) is 0 Å². The summed E-state index contributed by atoms with van der Waals surface area (Å²) in [5.74, 6) is -0.323. The molecule has 1 amide bonds. The van der Waals surface area contributed by atoms with E-state index in [9.17, 15) is 9.18 Å². The zero-order chi connectivity index (χ0) is 15.1. The van der Waals surface area contributed by atoms with Crippen molar-refractivity contribution in [1.29, 1.82) is 0 Å². The highest BCUT2D eigenvalue weighted by Crippen LogP contribution is 2.02. The van der Waals surface area contributed by atoms with Gasteiger partial charge in [-0.2, -0.15) is 0 Å². The van der Waals surface area contributed by atoms with Crippen molar-refractivity contribution in [1.82, 2.24) is 15.5 Å². The van der Waals surface area contributed by atoms with Gasteiger partial charge >= 0.3 is 0 Å². The average Bonchev–Trinajstić information content (AvgIpc) is 2.47. The first-order valence-corrected chi connectivity index (χ1v) is 7.15. The number of ether oxygens (including phenoxy) is 1. The monoisotopic (exact) mass is 295 g/mol. The molecule has 2 rings (SSSR count). The van der Waals surface area contributed by atoms with E-state index < -0.39 is 0 Å². The second-order valence-electron chi connectivity index (χ2n) is 5.30. The lowest BCUT2D eigenvalue weighted by Crippen LogP contribution is -2.46. The summed E-state index contributed by atoms with van der Waals surface area (Å²) < 4.78 is 18.4. The number of nitrogens with zero attached hydrogens (tertiary/aromatic N) is 1. The molecule has 1 aromatic carbocycles. The van der Waals surface area contributed by atoms with E-state index in [1.165, 1.54) is 12.1 Å². The quantitative estimate of drug-likeness (QED) is 0.796. The van der Waals surface area contributed by atoms with Crippen LogP contribution in [0.3, 0.4) is 0 Å². The Hall–Kier alpha value is -1.50. The number of benzene rings is 1. The van der Waals surface area contributed by atoms with Crippen LogP contribution in [0.1, 0.15) is 5.56 Å². The summed E-state index contributed by atoms with van der Waals surface area (Å²) in [6, 6.07) is 6.11. The first kappa shape index (κ1) is 15.9. The van der Waals surface area contributed by atoms with Crippen LogP contribution >= 0.6 is 0 Å². The molecule has 21 heavy (non-hydrogen) atoms. The average molecular weight is 295 g/mol. The minimum absolute atomic E-state index is 0.0504. The van der Waals surface area contributed by atoms with Gasteiger partial charge in [0.05, 0.1) is 19.3 Å². The van der Waals surface area contributed by atoms with Gasteiger partial charge in [-0.3, -0.25) is 9.69 Å². The Balaban J connectivity index is 1.67. The highest BCUT2D eigenvalue weighted by molar-refractivity contribution is 5.77. The Morgan fingerprint density at radius 3 is 2.90 bits per heavy atom. The van der Waals surface area contributed by atoms with Crippen molar-refractivity contribution in [3.05, 3.63) is 35.6 Å². The number of hydrogen-bond donors (Lipinski definition) is 2. The van der Waals surface area contributed by atoms with Crippen molar-refractivity contribution in [2.24, 2.45) is 0 Å². The smallest absolute Gasteiger partial charge is 0.234 e. The number of amides is 1. The Labute approximate surface area is 124 Å². The maximum absolute atomic E-state index is 12.8. The van der Waals surface area contributed by atoms with Gasteiger partial charge in [-0.05, 0) is 24.7 Å². The van der Waals surface area contributed by atoms with Gasteiger partial charge in [0.2, 0.25) is 5.91 Å². The molecule has 1 heterocycles. The van der Waals surface area contributed by atoms with Gasteiger partial charge < -0.3 is 15.4 Å². The molecule has 5 nitrogen and oxygen atoms in total. The fraction of sp³-hybridized carbons (Fsp3) is 0.533. The van der Waals surface area contributed by atoms with Gasteiger partial charge in [0.1, 0.15) is 5.82 Å². The molecule has 2 N–H and O–H groups in total. The largest absolute Gasteiger partial charge is 0.374 e. The van der Waals surface area contributed by atoms with Gasteiger partial charge in [-0.25, -0.2) is 4.39 Å². The lowest BCUT2D eigenvalue weighted by molar-refractivity contribution is -0.122. The van der Waals surface area contributed by atoms with E-state index in [1.54, 1.807) is 12.1 Å². The van der Waals surface area contributed by atoms with Crippen molar-refractivity contribution >= 4 is 5.91 Å². The van der Waals surface area contributed by atoms with Crippen LogP contribution in [0.2, 0.25) is 0 Å². The van der Waals surface area contributed by atoms with Crippen LogP contribution < -0.4 is 10.6 Å². The predicted octanol–water partition coefficient (Wildman–Crippen LogP) is 0.362. The number of halogens is 1. The summed E-state index contributed by atoms with van der Waals surface area (Å²) in [5.41, 5.74) is 0.882. The van der Waals surface area contributed by atoms with Crippen molar-refractivity contribution in [3.8, 4) is 0 Å². The van der Waals surface area contributed by atoms with E-state index in [4.69, 9.17) is 4.74 Å². The zero-order valence-electron chi connectivity index (χ0n) is 12.3. The van der Waals surface area contributed by atoms with E-state index in [1.807, 2.05) is 11.9 Å². The third-order valence-electron chi connectivity index (χ3n) is 3.34. The van der Waals surface area contributed by atoms with Crippen molar-refractivity contribution in [2.45, 2.75) is 12.6 Å². The lowest BCUT2D eigenvalue weighted by Gasteiger charge is -2.27. The molecule has 0 spiro atoms. The summed E-state index contributed by atoms with van der Waals surface area (Å²) in [5, 5.41) is 6.09. The molecule has 0 aliphatic carbocycles. The number of nitrogens with one attached hydrogen (secondary N) is 2. The number of carbonyl (C=O) groups is 1. The minimum atomic E-state index is -0.272. The number of likely N-dealkylation sites (N-methyl/N-ethyl adjacent to an activating group) is 1. The van der Waals surface area contributed by atoms with Crippen LogP contribution in [0.15, 0.2) is 24.3 Å². The fourth-order valence-corrected chi connectivity index (χ4v) is 2.25. The van der Waals surface area contributed by atoms with Crippen LogP contribution in [-0.2, 0) is 16.1 Å². The van der Waals surface area contributed by atoms with Gasteiger partial charge in [-0.15, -0.1) is 0 Å². The molecule has 1 atom stereocenters. The van der Waals surface area contributed by atoms with Crippen molar-refractivity contribution < 1.29 is 13.9 Å². The number of morpholine rings is 1. The first-order chi connectivity index (χ1) is 10.1. The minimum Gasteiger partial charge on any atom is -0.374 e. The highest BCUT2D eigenvalue weighted by Gasteiger charge is 2.16. The molecule has 1 aromatic rings. The van der Waals surface area contributed by atoms with E-state index in [2.05, 4.69) is 10.6 Å². The van der Waals surface area contributed by atoms with Crippen molar-refractivity contribution in [2.75, 3.05) is 39.8 Å². The molecule has 1 aliphatic rings. The molecule has 0 aromatic heterocycles. The van der Waals surface area contributed by atoms with E-state index in [0.29, 0.717) is 13.1 Å². The molecule has 1 aliphatic heterocycles. The number of carbonyl (C=O) groups excluding carboxylic acids is 1. The Morgan fingerprint density at radius 1 is 1.48 bits per heavy atom. The maximum atomic E-state index is 12.8. The van der Waals surface area contributed by atoms with Gasteiger partial charge in [0, 0.05) is 26.2 Å². The molecule has 1 fully saturated rings. The zero-order valence-corrected chi connectivity index (χ0v) is 12.3. The summed E-state index contributed by atoms with van der Waals surface area (Å²) in [4.78, 5) is 13.8. The summed E-state index contributed by atoms with van der Waals surface area (Å²) in [6.45, 7) is 3.88. The predicted molar refractivity (Wildman–Crippen MR) is 78.4 cm³/mol. The molecule has 0 radical (unpaired) electrons. The van der Waals surface area contributed by atoms with Crippen LogP contribution in [0, 0.1) is 5.82 Å². The summed E-state index contributed by atoms with van der Waals surface area (Å²) in [7, 11) is 1.90. The Kier molecular flexibility index (Phi) is 6.10. The summed E-state index contributed by atoms with van der Waals surface area (Å²) >= 11 is 0. The lowest BCUT2D eigenvalue weighted by atomic mass is 10.2. The van der Waals surface area contributed by atoms with Gasteiger partial charge in [0.15, 0.2) is 0 Å². The Bertz CT molecular complexity index is 447. The molecular weight excluding hydrogens is 273 g/mol. The van der Waals surface area contributed by atoms with E-state index >= 15 is 0 Å². The van der Waals surface area contributed by atoms with Crippen LogP contribution in [0.4, 0.5) is 4.39 Å². The highest BCUT2D eigenvalue weighted by atomic mass is 19.1. The molecule has 1 saturated heterocycles. The molecule has 116 valence electrons. The maximum Gasteiger partial charge on any atom is 0.234 e. The molecule has 0 bridgehead atoms. The molecule has 0 saturated carbocycles. The third kappa shape index (κ3) is 5.79. The molecule has 6 heteroatoms. The fourth-order valence-electron chi connectivity index (χ4n) is 2.25. The second kappa shape index (κ2) is 8.07. The SMILES string of the molecule is CN(CC(=O)NCc1ccc(F)cc1)CC1CNCCO1. The van der Waals surface area contributed by atoms with Crippen LogP contribution in [-0.4, -0.2) is 56.7 Å². The Morgan fingerprint density at radius 2 is 2.24 bits per heavy atom. The van der Waals surface area contributed by atoms with Crippen LogP contribution in [0.5, 0.6) is 0 Å². The van der Waals surface area contributed by atoms with E-state index in [-0.39, 0.29) is 17.8 Å². The van der Waals surface area contributed by atoms with Crippen LogP contribution in [0.25, 0.3) is 0 Å². The molecule has 1 unspecified atom stereocenters. The third-order valence-corrected chi connectivity index (χ3v) is 3.34. The standard InChI is InChI=1S/C15H22FN3O2/c1-19(10-14-9-17-6-7-21-14)11-15(20)18-8-12-2-4-13(16)5-3-12/h2-5,14,17H,6-11H2,1H3,(H,18,20). The van der Waals surface area contributed by atoms with Gasteiger partial charge in [-0.1, -0.05) is 12.1 Å². The molecular formula is C15H22FN3O2. The van der Waals surface area contributed by atoms with E-state index in [0.717, 1.165) is 31.8 Å². The number of hydrogen-bond acceptors (Lipinski definition) is 4. The number of rotatable bonds is 6. The first-order valence-electron chi connectivity index (χ1n) is 7.15. The van der Waals surface area contributed by atoms with Crippen molar-refractivity contribution in [3.63, 3.8) is 0 Å². The topological polar surface area (TPSA) is 53.6 Å². The second-order valence-corrected chi connectivity index (χ2v) is 5.30.